The highest BCUT2D eigenvalue weighted by atomic mass is 32.1. The maximum absolute atomic E-state index is 12.5. The van der Waals surface area contributed by atoms with E-state index >= 15 is 0 Å². The third kappa shape index (κ3) is 5.42. The molecule has 9 nitrogen and oxygen atoms in total. The fraction of sp³-hybridized carbons (Fsp3) is 0.174. The molecule has 0 aliphatic carbocycles. The van der Waals surface area contributed by atoms with Crippen molar-refractivity contribution in [3.05, 3.63) is 90.9 Å². The molecule has 4 aromatic rings. The molecule has 2 aromatic carbocycles. The maximum atomic E-state index is 12.5. The second kappa shape index (κ2) is 9.61. The molecule has 0 saturated heterocycles. The number of carbonyl (C=O) groups excluding carboxylic acids is 2. The fourth-order valence-electron chi connectivity index (χ4n) is 3.16. The topological polar surface area (TPSA) is 123 Å². The standard InChI is InChI=1S/C23H20N4O5S/c1-14-6-8-15(9-7-14)24-19(28)10-20-25-16(13-33-20)12-32-21(29)11-27-23(31)18-5-3-2-4-17(18)22(30)26-27/h2-9,13H,10-12H2,1H3,(H,24,28)(H,26,30). The van der Waals surface area contributed by atoms with E-state index in [2.05, 4.69) is 15.4 Å². The number of ether oxygens (including phenoxy) is 1. The summed E-state index contributed by atoms with van der Waals surface area (Å²) in [6, 6.07) is 13.8. The number of amides is 1. The van der Waals surface area contributed by atoms with E-state index in [1.165, 1.54) is 17.4 Å². The quantitative estimate of drug-likeness (QED) is 0.405. The molecule has 0 radical (unpaired) electrons. The fourth-order valence-corrected chi connectivity index (χ4v) is 3.94. The molecule has 0 unspecified atom stereocenters. The second-order valence-corrected chi connectivity index (χ2v) is 8.30. The number of carbonyl (C=O) groups is 2. The number of fused-ring (bicyclic) bond motifs is 1. The lowest BCUT2D eigenvalue weighted by molar-refractivity contribution is -0.146. The molecule has 2 aromatic heterocycles. The molecule has 0 bridgehead atoms. The zero-order valence-corrected chi connectivity index (χ0v) is 18.5. The SMILES string of the molecule is Cc1ccc(NC(=O)Cc2nc(COC(=O)Cn3[nH]c(=O)c4ccccc4c3=O)cs2)cc1. The average Bonchev–Trinajstić information content (AvgIpc) is 3.24. The number of rotatable bonds is 7. The number of benzene rings is 2. The number of anilines is 1. The van der Waals surface area contributed by atoms with Crippen LogP contribution in [0.15, 0.2) is 63.5 Å². The van der Waals surface area contributed by atoms with Gasteiger partial charge in [-0.25, -0.2) is 9.67 Å². The van der Waals surface area contributed by atoms with E-state index in [1.807, 2.05) is 31.2 Å². The Bertz CT molecular complexity index is 1440. The zero-order chi connectivity index (χ0) is 23.4. The Morgan fingerprint density at radius 1 is 1.09 bits per heavy atom. The van der Waals surface area contributed by atoms with E-state index in [0.29, 0.717) is 16.4 Å². The Labute approximate surface area is 191 Å². The van der Waals surface area contributed by atoms with Gasteiger partial charge in [-0.05, 0) is 31.2 Å². The molecule has 2 heterocycles. The maximum Gasteiger partial charge on any atom is 0.328 e. The lowest BCUT2D eigenvalue weighted by atomic mass is 10.2. The predicted octanol–water partition coefficient (Wildman–Crippen LogP) is 2.38. The molecule has 1 amide bonds. The van der Waals surface area contributed by atoms with Gasteiger partial charge >= 0.3 is 5.97 Å². The zero-order valence-electron chi connectivity index (χ0n) is 17.7. The number of thiazole rings is 1. The Morgan fingerprint density at radius 2 is 1.82 bits per heavy atom. The van der Waals surface area contributed by atoms with Crippen LogP contribution in [-0.4, -0.2) is 26.6 Å². The summed E-state index contributed by atoms with van der Waals surface area (Å²) < 4.78 is 6.11. The van der Waals surface area contributed by atoms with Crippen LogP contribution < -0.4 is 16.4 Å². The molecule has 4 rings (SSSR count). The van der Waals surface area contributed by atoms with Gasteiger partial charge in [-0.15, -0.1) is 11.3 Å². The van der Waals surface area contributed by atoms with E-state index in [1.54, 1.807) is 23.6 Å². The molecule has 2 N–H and O–H groups in total. The molecular weight excluding hydrogens is 444 g/mol. The number of esters is 1. The van der Waals surface area contributed by atoms with Crippen LogP contribution in [0.2, 0.25) is 0 Å². The number of hydrogen-bond donors (Lipinski definition) is 2. The number of aryl methyl sites for hydroxylation is 1. The van der Waals surface area contributed by atoms with E-state index in [9.17, 15) is 19.2 Å². The van der Waals surface area contributed by atoms with Crippen molar-refractivity contribution in [1.29, 1.82) is 0 Å². The van der Waals surface area contributed by atoms with Gasteiger partial charge in [0.2, 0.25) is 5.91 Å². The average molecular weight is 465 g/mol. The monoisotopic (exact) mass is 464 g/mol. The predicted molar refractivity (Wildman–Crippen MR) is 124 cm³/mol. The van der Waals surface area contributed by atoms with Crippen LogP contribution in [0.3, 0.4) is 0 Å². The number of nitrogens with one attached hydrogen (secondary N) is 2. The summed E-state index contributed by atoms with van der Waals surface area (Å²) in [5, 5.41) is 7.96. The Kier molecular flexibility index (Phi) is 6.45. The first-order valence-electron chi connectivity index (χ1n) is 10.1. The van der Waals surface area contributed by atoms with Gasteiger partial charge in [0.25, 0.3) is 11.1 Å². The van der Waals surface area contributed by atoms with Crippen LogP contribution in [-0.2, 0) is 33.9 Å². The van der Waals surface area contributed by atoms with Crippen molar-refractivity contribution in [2.75, 3.05) is 5.32 Å². The highest BCUT2D eigenvalue weighted by molar-refractivity contribution is 7.09. The molecule has 0 spiro atoms. The Hall–Kier alpha value is -4.05. The van der Waals surface area contributed by atoms with Gasteiger partial charge in [0.1, 0.15) is 18.2 Å². The molecular formula is C23H20N4O5S. The van der Waals surface area contributed by atoms with E-state index in [0.717, 1.165) is 10.2 Å². The van der Waals surface area contributed by atoms with Crippen molar-refractivity contribution in [3.8, 4) is 0 Å². The van der Waals surface area contributed by atoms with Crippen molar-refractivity contribution in [2.24, 2.45) is 0 Å². The van der Waals surface area contributed by atoms with Crippen molar-refractivity contribution >= 4 is 39.7 Å². The molecule has 0 saturated carbocycles. The van der Waals surface area contributed by atoms with Crippen LogP contribution in [0.25, 0.3) is 10.8 Å². The van der Waals surface area contributed by atoms with Gasteiger partial charge in [-0.1, -0.05) is 29.8 Å². The van der Waals surface area contributed by atoms with Crippen LogP contribution in [0.1, 0.15) is 16.3 Å². The van der Waals surface area contributed by atoms with Crippen molar-refractivity contribution in [2.45, 2.75) is 26.5 Å². The molecule has 0 fully saturated rings. The van der Waals surface area contributed by atoms with Gasteiger partial charge in [0, 0.05) is 11.1 Å². The molecule has 10 heteroatoms. The summed E-state index contributed by atoms with van der Waals surface area (Å²) in [5.74, 6) is -0.897. The first-order chi connectivity index (χ1) is 15.9. The minimum Gasteiger partial charge on any atom is -0.458 e. The summed E-state index contributed by atoms with van der Waals surface area (Å²) in [7, 11) is 0. The normalized spacial score (nSPS) is 10.8. The van der Waals surface area contributed by atoms with E-state index < -0.39 is 23.6 Å². The third-order valence-corrected chi connectivity index (χ3v) is 5.70. The van der Waals surface area contributed by atoms with Crippen molar-refractivity contribution < 1.29 is 14.3 Å². The van der Waals surface area contributed by atoms with Gasteiger partial charge < -0.3 is 10.1 Å². The molecule has 0 aliphatic rings. The van der Waals surface area contributed by atoms with Crippen LogP contribution in [0.5, 0.6) is 0 Å². The minimum atomic E-state index is -0.699. The molecule has 0 atom stereocenters. The molecule has 33 heavy (non-hydrogen) atoms. The first-order valence-corrected chi connectivity index (χ1v) is 10.9. The van der Waals surface area contributed by atoms with Gasteiger partial charge in [0.15, 0.2) is 0 Å². The van der Waals surface area contributed by atoms with Gasteiger partial charge in [0.05, 0.1) is 22.9 Å². The molecule has 0 aliphatic heterocycles. The molecule has 168 valence electrons. The van der Waals surface area contributed by atoms with Gasteiger partial charge in [-0.3, -0.25) is 24.3 Å². The van der Waals surface area contributed by atoms with Gasteiger partial charge in [-0.2, -0.15) is 0 Å². The number of aromatic nitrogens is 3. The summed E-state index contributed by atoms with van der Waals surface area (Å²) in [6.07, 6.45) is 0.0974. The summed E-state index contributed by atoms with van der Waals surface area (Å²) in [4.78, 5) is 53.3. The number of hydrogen-bond acceptors (Lipinski definition) is 7. The van der Waals surface area contributed by atoms with Crippen LogP contribution in [0.4, 0.5) is 5.69 Å². The Balaban J connectivity index is 1.32. The lowest BCUT2D eigenvalue weighted by Crippen LogP contribution is -2.32. The lowest BCUT2D eigenvalue weighted by Gasteiger charge is -2.07. The highest BCUT2D eigenvalue weighted by Gasteiger charge is 2.13. The number of aromatic amines is 1. The van der Waals surface area contributed by atoms with Crippen molar-refractivity contribution in [3.63, 3.8) is 0 Å². The van der Waals surface area contributed by atoms with Crippen LogP contribution >= 0.6 is 11.3 Å². The second-order valence-electron chi connectivity index (χ2n) is 7.36. The first kappa shape index (κ1) is 22.2. The third-order valence-electron chi connectivity index (χ3n) is 4.80. The minimum absolute atomic E-state index is 0.0974. The number of H-pyrrole nitrogens is 1. The summed E-state index contributed by atoms with van der Waals surface area (Å²) in [6.45, 7) is 1.42. The summed E-state index contributed by atoms with van der Waals surface area (Å²) in [5.41, 5.74) is 1.34. The van der Waals surface area contributed by atoms with E-state index in [4.69, 9.17) is 4.74 Å². The smallest absolute Gasteiger partial charge is 0.328 e. The highest BCUT2D eigenvalue weighted by Crippen LogP contribution is 2.14. The summed E-state index contributed by atoms with van der Waals surface area (Å²) >= 11 is 1.29. The number of nitrogens with zero attached hydrogens (tertiary/aromatic N) is 2. The van der Waals surface area contributed by atoms with E-state index in [-0.39, 0.29) is 29.7 Å². The van der Waals surface area contributed by atoms with Crippen LogP contribution in [0, 0.1) is 6.92 Å². The largest absolute Gasteiger partial charge is 0.458 e. The Morgan fingerprint density at radius 3 is 2.58 bits per heavy atom. The van der Waals surface area contributed by atoms with Crippen molar-refractivity contribution in [1.82, 2.24) is 14.8 Å².